The Morgan fingerprint density at radius 1 is 1.00 bits per heavy atom. The van der Waals surface area contributed by atoms with Crippen LogP contribution in [-0.2, 0) is 16.0 Å². The molecule has 1 fully saturated rings. The van der Waals surface area contributed by atoms with Crippen LogP contribution in [0, 0.1) is 0 Å². The third kappa shape index (κ3) is 5.99. The zero-order chi connectivity index (χ0) is 23.0. The number of piperidine rings is 1. The molecule has 0 unspecified atom stereocenters. The molecule has 0 atom stereocenters. The van der Waals surface area contributed by atoms with Crippen molar-refractivity contribution in [1.82, 2.24) is 25.1 Å². The van der Waals surface area contributed by atoms with E-state index in [-0.39, 0.29) is 17.9 Å². The molecule has 0 spiro atoms. The Morgan fingerprint density at radius 2 is 1.73 bits per heavy atom. The van der Waals surface area contributed by atoms with Crippen molar-refractivity contribution >= 4 is 22.8 Å². The van der Waals surface area contributed by atoms with E-state index in [4.69, 9.17) is 4.98 Å². The maximum absolute atomic E-state index is 12.7. The average Bonchev–Trinajstić information content (AvgIpc) is 3.21. The standard InChI is InChI=1S/C26H33N5O2/c1-2-16-27-26(33)19-30-17-14-20(15-18-30)28-25(32)13-12-24-29-22-10-6-7-11-23(22)31(24)21-8-4-3-5-9-21/h3-11,20H,2,12-19H2,1H3,(H,27,33)(H,28,32). The normalized spacial score (nSPS) is 14.9. The summed E-state index contributed by atoms with van der Waals surface area (Å²) >= 11 is 0. The van der Waals surface area contributed by atoms with E-state index >= 15 is 0 Å². The summed E-state index contributed by atoms with van der Waals surface area (Å²) in [6.45, 7) is 4.87. The van der Waals surface area contributed by atoms with Crippen LogP contribution in [0.1, 0.15) is 38.4 Å². The number of nitrogens with zero attached hydrogens (tertiary/aromatic N) is 3. The number of likely N-dealkylation sites (tertiary alicyclic amines) is 1. The second-order valence-electron chi connectivity index (χ2n) is 8.66. The van der Waals surface area contributed by atoms with Crippen LogP contribution in [-0.4, -0.2) is 58.5 Å². The molecule has 3 aromatic rings. The van der Waals surface area contributed by atoms with Gasteiger partial charge < -0.3 is 10.6 Å². The Morgan fingerprint density at radius 3 is 2.48 bits per heavy atom. The average molecular weight is 448 g/mol. The van der Waals surface area contributed by atoms with Gasteiger partial charge in [-0.25, -0.2) is 4.98 Å². The number of carbonyl (C=O) groups excluding carboxylic acids is 2. The van der Waals surface area contributed by atoms with Gasteiger partial charge in [-0.1, -0.05) is 37.3 Å². The molecule has 1 aliphatic heterocycles. The predicted molar refractivity (Wildman–Crippen MR) is 130 cm³/mol. The third-order valence-electron chi connectivity index (χ3n) is 6.11. The van der Waals surface area contributed by atoms with Gasteiger partial charge in [0.25, 0.3) is 0 Å². The fourth-order valence-corrected chi connectivity index (χ4v) is 4.39. The number of hydrogen-bond donors (Lipinski definition) is 2. The van der Waals surface area contributed by atoms with Crippen LogP contribution in [0.3, 0.4) is 0 Å². The number of nitrogens with one attached hydrogen (secondary N) is 2. The zero-order valence-electron chi connectivity index (χ0n) is 19.3. The lowest BCUT2D eigenvalue weighted by molar-refractivity contribution is -0.124. The highest BCUT2D eigenvalue weighted by Gasteiger charge is 2.22. The summed E-state index contributed by atoms with van der Waals surface area (Å²) < 4.78 is 2.14. The van der Waals surface area contributed by atoms with Gasteiger partial charge in [0.05, 0.1) is 17.6 Å². The number of aromatic nitrogens is 2. The first-order valence-corrected chi connectivity index (χ1v) is 11.9. The molecule has 7 heteroatoms. The molecule has 0 aliphatic carbocycles. The number of aryl methyl sites for hydroxylation is 1. The lowest BCUT2D eigenvalue weighted by Gasteiger charge is -2.31. The monoisotopic (exact) mass is 447 g/mol. The van der Waals surface area contributed by atoms with Crippen molar-refractivity contribution in [1.29, 1.82) is 0 Å². The number of carbonyl (C=O) groups is 2. The molecule has 2 heterocycles. The summed E-state index contributed by atoms with van der Waals surface area (Å²) in [6, 6.07) is 18.4. The Balaban J connectivity index is 1.31. The maximum Gasteiger partial charge on any atom is 0.234 e. The van der Waals surface area contributed by atoms with Gasteiger partial charge in [-0.15, -0.1) is 0 Å². The highest BCUT2D eigenvalue weighted by molar-refractivity contribution is 5.79. The summed E-state index contributed by atoms with van der Waals surface area (Å²) in [6.07, 6.45) is 3.66. The Hall–Kier alpha value is -3.19. The minimum atomic E-state index is 0.0563. The summed E-state index contributed by atoms with van der Waals surface area (Å²) in [4.78, 5) is 31.6. The summed E-state index contributed by atoms with van der Waals surface area (Å²) in [5.41, 5.74) is 3.04. The highest BCUT2D eigenvalue weighted by atomic mass is 16.2. The number of imidazole rings is 1. The van der Waals surface area contributed by atoms with E-state index in [1.807, 2.05) is 43.3 Å². The largest absolute Gasteiger partial charge is 0.355 e. The minimum Gasteiger partial charge on any atom is -0.355 e. The van der Waals surface area contributed by atoms with Crippen molar-refractivity contribution in [3.8, 4) is 5.69 Å². The molecule has 4 rings (SSSR count). The number of para-hydroxylation sites is 3. The first-order valence-electron chi connectivity index (χ1n) is 11.9. The van der Waals surface area contributed by atoms with Gasteiger partial charge in [0.2, 0.25) is 11.8 Å². The van der Waals surface area contributed by atoms with E-state index in [1.165, 1.54) is 0 Å². The fraction of sp³-hybridized carbons (Fsp3) is 0.423. The highest BCUT2D eigenvalue weighted by Crippen LogP contribution is 2.22. The van der Waals surface area contributed by atoms with Crippen LogP contribution < -0.4 is 10.6 Å². The van der Waals surface area contributed by atoms with Gasteiger partial charge in [-0.05, 0) is 43.5 Å². The SMILES string of the molecule is CCCNC(=O)CN1CCC(NC(=O)CCc2nc3ccccc3n2-c2ccccc2)CC1. The fourth-order valence-electron chi connectivity index (χ4n) is 4.39. The smallest absolute Gasteiger partial charge is 0.234 e. The van der Waals surface area contributed by atoms with Crippen LogP contribution in [0.15, 0.2) is 54.6 Å². The van der Waals surface area contributed by atoms with Crippen LogP contribution in [0.25, 0.3) is 16.7 Å². The van der Waals surface area contributed by atoms with E-state index in [0.717, 1.165) is 61.4 Å². The Bertz CT molecular complexity index is 1070. The Labute approximate surface area is 195 Å². The molecular formula is C26H33N5O2. The molecule has 0 bridgehead atoms. The van der Waals surface area contributed by atoms with Crippen LogP contribution in [0.4, 0.5) is 0 Å². The first kappa shape index (κ1) is 23.0. The molecule has 33 heavy (non-hydrogen) atoms. The van der Waals surface area contributed by atoms with E-state index in [2.05, 4.69) is 38.3 Å². The van der Waals surface area contributed by atoms with Crippen molar-refractivity contribution in [2.24, 2.45) is 0 Å². The van der Waals surface area contributed by atoms with Gasteiger partial charge in [-0.2, -0.15) is 0 Å². The molecule has 1 saturated heterocycles. The first-order chi connectivity index (χ1) is 16.1. The van der Waals surface area contributed by atoms with Gasteiger partial charge in [0.1, 0.15) is 5.82 Å². The molecule has 0 saturated carbocycles. The zero-order valence-corrected chi connectivity index (χ0v) is 19.3. The Kier molecular flexibility index (Phi) is 7.73. The number of amides is 2. The number of hydrogen-bond acceptors (Lipinski definition) is 4. The molecule has 0 radical (unpaired) electrons. The molecular weight excluding hydrogens is 414 g/mol. The lowest BCUT2D eigenvalue weighted by Crippen LogP contribution is -2.47. The van der Waals surface area contributed by atoms with Gasteiger partial charge in [0, 0.05) is 44.2 Å². The third-order valence-corrected chi connectivity index (χ3v) is 6.11. The van der Waals surface area contributed by atoms with E-state index in [0.29, 0.717) is 19.4 Å². The number of fused-ring (bicyclic) bond motifs is 1. The van der Waals surface area contributed by atoms with Crippen molar-refractivity contribution in [3.05, 3.63) is 60.4 Å². The summed E-state index contributed by atoms with van der Waals surface area (Å²) in [7, 11) is 0. The van der Waals surface area contributed by atoms with E-state index in [1.54, 1.807) is 0 Å². The molecule has 174 valence electrons. The topological polar surface area (TPSA) is 79.3 Å². The van der Waals surface area contributed by atoms with Gasteiger partial charge in [-0.3, -0.25) is 19.1 Å². The summed E-state index contributed by atoms with van der Waals surface area (Å²) in [5, 5.41) is 6.11. The molecule has 7 nitrogen and oxygen atoms in total. The number of benzene rings is 2. The van der Waals surface area contributed by atoms with Gasteiger partial charge in [0.15, 0.2) is 0 Å². The molecule has 2 amide bonds. The second-order valence-corrected chi connectivity index (χ2v) is 8.66. The maximum atomic E-state index is 12.7. The van der Waals surface area contributed by atoms with Crippen molar-refractivity contribution in [2.45, 2.75) is 45.1 Å². The predicted octanol–water partition coefficient (Wildman–Crippen LogP) is 3.06. The minimum absolute atomic E-state index is 0.0563. The molecule has 1 aliphatic rings. The van der Waals surface area contributed by atoms with Crippen molar-refractivity contribution in [2.75, 3.05) is 26.2 Å². The molecule has 2 aromatic carbocycles. The second kappa shape index (κ2) is 11.1. The van der Waals surface area contributed by atoms with Crippen LogP contribution in [0.5, 0.6) is 0 Å². The van der Waals surface area contributed by atoms with Crippen LogP contribution in [0.2, 0.25) is 0 Å². The van der Waals surface area contributed by atoms with Gasteiger partial charge >= 0.3 is 0 Å². The number of rotatable bonds is 9. The lowest BCUT2D eigenvalue weighted by atomic mass is 10.0. The van der Waals surface area contributed by atoms with E-state index in [9.17, 15) is 9.59 Å². The summed E-state index contributed by atoms with van der Waals surface area (Å²) in [5.74, 6) is 1.03. The quantitative estimate of drug-likeness (QED) is 0.528. The molecule has 1 aromatic heterocycles. The van der Waals surface area contributed by atoms with Crippen molar-refractivity contribution in [3.63, 3.8) is 0 Å². The van der Waals surface area contributed by atoms with Crippen molar-refractivity contribution < 1.29 is 9.59 Å². The van der Waals surface area contributed by atoms with E-state index < -0.39 is 0 Å². The van der Waals surface area contributed by atoms with Crippen LogP contribution >= 0.6 is 0 Å². The molecule has 2 N–H and O–H groups in total.